The highest BCUT2D eigenvalue weighted by Crippen LogP contribution is 2.56. The first-order valence-electron chi connectivity index (χ1n) is 46.8. The van der Waals surface area contributed by atoms with Crippen LogP contribution in [-0.2, 0) is 17.3 Å². The molecule has 2 aliphatic carbocycles. The molecule has 0 bridgehead atoms. The Labute approximate surface area is 788 Å². The lowest BCUT2D eigenvalue weighted by Crippen LogP contribution is -2.17. The van der Waals surface area contributed by atoms with E-state index >= 15 is 0 Å². The predicted octanol–water partition coefficient (Wildman–Crippen LogP) is 36.0. The number of anilines is 12. The SMILES string of the molecule is Cc1ccc(N(c2ccc(-c3ccc(-c4ccccc4)cc3)cc2)c2ccc3c(c2)C(C)(C)c2cc(N(c4ccc(C)cc4)c4ccc(-c5ccc(-c6cccc(Cc7ccc(N(c8ccc(-c9cccc(-c%10ccccc%10)c9)cc8)c8ccc9c(c8)C(C)(C)c8cc(N(c%10ccc(C)cc%10)c%10ccc(-c%11cccc(-c%12ccccc%12)c%11)cc%10)ccc8-9)cc7)c6)cc5)cc4)ccc2-3)cc1. The summed E-state index contributed by atoms with van der Waals surface area (Å²) in [5.74, 6) is 0. The first-order chi connectivity index (χ1) is 65.6. The van der Waals surface area contributed by atoms with Gasteiger partial charge in [0.1, 0.15) is 0 Å². The molecule has 0 amide bonds. The monoisotopic (exact) mass is 1720 g/mol. The van der Waals surface area contributed by atoms with Crippen molar-refractivity contribution in [2.45, 2.75) is 65.7 Å². The van der Waals surface area contributed by atoms with E-state index in [4.69, 9.17) is 0 Å². The molecular weight excluding hydrogens is 1620 g/mol. The highest BCUT2D eigenvalue weighted by atomic mass is 15.2. The maximum atomic E-state index is 2.46. The van der Waals surface area contributed by atoms with Crippen molar-refractivity contribution in [2.75, 3.05) is 19.6 Å². The molecule has 0 saturated heterocycles. The second-order valence-corrected chi connectivity index (χ2v) is 37.2. The van der Waals surface area contributed by atoms with Gasteiger partial charge in [-0.05, 0) is 330 Å². The second kappa shape index (κ2) is 35.1. The van der Waals surface area contributed by atoms with Crippen LogP contribution in [0.15, 0.2) is 479 Å². The zero-order valence-corrected chi connectivity index (χ0v) is 76.6. The average molecular weight is 1720 g/mol. The molecule has 0 saturated carbocycles. The fraction of sp³-hybridized carbons (Fsp3) is 0.0769. The van der Waals surface area contributed by atoms with Crippen molar-refractivity contribution in [3.8, 4) is 111 Å². The van der Waals surface area contributed by atoms with Crippen LogP contribution in [-0.4, -0.2) is 0 Å². The normalized spacial score (nSPS) is 12.4. The smallest absolute Gasteiger partial charge is 0.0465 e. The van der Waals surface area contributed by atoms with Crippen molar-refractivity contribution in [2.24, 2.45) is 0 Å². The van der Waals surface area contributed by atoms with Gasteiger partial charge in [-0.3, -0.25) is 0 Å². The Hall–Kier alpha value is -16.4. The zero-order valence-electron chi connectivity index (χ0n) is 76.6. The van der Waals surface area contributed by atoms with Gasteiger partial charge in [0, 0.05) is 79.1 Å². The highest BCUT2D eigenvalue weighted by Gasteiger charge is 2.39. The molecule has 0 atom stereocenters. The van der Waals surface area contributed by atoms with Crippen molar-refractivity contribution in [1.82, 2.24) is 0 Å². The van der Waals surface area contributed by atoms with E-state index in [1.807, 2.05) is 0 Å². The summed E-state index contributed by atoms with van der Waals surface area (Å²) in [5.41, 5.74) is 48.2. The van der Waals surface area contributed by atoms with Crippen LogP contribution in [0.2, 0.25) is 0 Å². The number of benzene rings is 20. The van der Waals surface area contributed by atoms with Crippen LogP contribution in [0.5, 0.6) is 0 Å². The van der Waals surface area contributed by atoms with Crippen molar-refractivity contribution in [3.63, 3.8) is 0 Å². The maximum absolute atomic E-state index is 2.46. The third-order valence-corrected chi connectivity index (χ3v) is 27.7. The van der Waals surface area contributed by atoms with Crippen LogP contribution in [0, 0.1) is 20.8 Å². The van der Waals surface area contributed by atoms with Crippen LogP contribution in [0.1, 0.15) is 77.8 Å². The van der Waals surface area contributed by atoms with Gasteiger partial charge in [-0.25, -0.2) is 0 Å². The summed E-state index contributed by atoms with van der Waals surface area (Å²) in [7, 11) is 0. The van der Waals surface area contributed by atoms with Gasteiger partial charge in [0.2, 0.25) is 0 Å². The zero-order chi connectivity index (χ0) is 90.5. The third-order valence-electron chi connectivity index (χ3n) is 27.7. The summed E-state index contributed by atoms with van der Waals surface area (Å²) >= 11 is 0. The van der Waals surface area contributed by atoms with Crippen molar-refractivity contribution in [3.05, 3.63) is 529 Å². The molecule has 0 N–H and O–H groups in total. The van der Waals surface area contributed by atoms with Gasteiger partial charge >= 0.3 is 0 Å². The molecule has 2 aliphatic rings. The van der Waals surface area contributed by atoms with Crippen LogP contribution < -0.4 is 19.6 Å². The first-order valence-corrected chi connectivity index (χ1v) is 46.8. The fourth-order valence-corrected chi connectivity index (χ4v) is 20.3. The van der Waals surface area contributed by atoms with E-state index in [-0.39, 0.29) is 10.8 Å². The van der Waals surface area contributed by atoms with E-state index in [0.717, 1.165) is 80.2 Å². The van der Waals surface area contributed by atoms with Crippen LogP contribution >= 0.6 is 0 Å². The van der Waals surface area contributed by atoms with Gasteiger partial charge < -0.3 is 19.6 Å². The number of fused-ring (bicyclic) bond motifs is 6. The lowest BCUT2D eigenvalue weighted by atomic mass is 9.82. The molecule has 0 spiro atoms. The molecule has 0 radical (unpaired) electrons. The Kier molecular flexibility index (Phi) is 21.8. The van der Waals surface area contributed by atoms with Gasteiger partial charge in [-0.15, -0.1) is 0 Å². The molecular formula is C130H102N4. The van der Waals surface area contributed by atoms with Crippen LogP contribution in [0.3, 0.4) is 0 Å². The molecule has 20 aromatic rings. The largest absolute Gasteiger partial charge is 0.310 e. The number of nitrogens with zero attached hydrogens (tertiary/aromatic N) is 4. The second-order valence-electron chi connectivity index (χ2n) is 37.2. The Morgan fingerprint density at radius 2 is 0.336 bits per heavy atom. The molecule has 4 heteroatoms. The molecule has 0 unspecified atom stereocenters. The van der Waals surface area contributed by atoms with E-state index in [9.17, 15) is 0 Å². The Balaban J connectivity index is 0.516. The highest BCUT2D eigenvalue weighted by molar-refractivity contribution is 5.93. The summed E-state index contributed by atoms with van der Waals surface area (Å²) in [6.07, 6.45) is 0.786. The Bertz CT molecular complexity index is 7680. The summed E-state index contributed by atoms with van der Waals surface area (Å²) in [4.78, 5) is 9.67. The lowest BCUT2D eigenvalue weighted by Gasteiger charge is -2.29. The number of hydrogen-bond acceptors (Lipinski definition) is 4. The molecule has 0 aromatic heterocycles. The standard InChI is InChI=1S/C130H102N4/c1-88-32-56-109(57-33-88)131(113-64-48-99(49-65-113)97-42-40-96(41-43-97)93-21-11-8-12-22-93)117-72-76-121-122-77-73-118(85-126(122)129(4,5)125(121)84-117)132(110-58-34-89(2)35-59-110)114-66-50-100(51-67-114)98-44-46-101(47-45-98)104-27-17-20-92(81-104)80-91-38-62-112(63-39-91)134(116-70-54-103(55-71-116)108-31-19-29-106(83-108)95-25-15-10-16-26-95)120-75-79-124-123-78-74-119(86-127(123)130(6,7)128(124)87-120)133(111-60-36-90(3)37-61-111)115-68-52-102(53-69-115)107-30-18-28-105(82-107)94-23-13-9-14-24-94/h8-79,81-87H,80H2,1-7H3. The molecule has 0 fully saturated rings. The quantitative estimate of drug-likeness (QED) is 0.0670. The molecule has 20 aromatic carbocycles. The van der Waals surface area contributed by atoms with Gasteiger partial charge in [-0.2, -0.15) is 0 Å². The van der Waals surface area contributed by atoms with Gasteiger partial charge in [0.25, 0.3) is 0 Å². The number of rotatable bonds is 22. The van der Waals surface area contributed by atoms with Crippen LogP contribution in [0.4, 0.5) is 68.2 Å². The van der Waals surface area contributed by atoms with Gasteiger partial charge in [0.05, 0.1) is 0 Å². The van der Waals surface area contributed by atoms with E-state index in [2.05, 4.69) is 547 Å². The van der Waals surface area contributed by atoms with Gasteiger partial charge in [-0.1, -0.05) is 366 Å². The average Bonchev–Trinajstić information content (AvgIpc) is 1.57. The van der Waals surface area contributed by atoms with Crippen molar-refractivity contribution >= 4 is 68.2 Å². The summed E-state index contributed by atoms with van der Waals surface area (Å²) in [5, 5.41) is 0. The Morgan fingerprint density at radius 1 is 0.149 bits per heavy atom. The third kappa shape index (κ3) is 16.3. The number of hydrogen-bond donors (Lipinski definition) is 0. The lowest BCUT2D eigenvalue weighted by molar-refractivity contribution is 0.660. The van der Waals surface area contributed by atoms with Crippen molar-refractivity contribution in [1.29, 1.82) is 0 Å². The van der Waals surface area contributed by atoms with E-state index < -0.39 is 0 Å². The summed E-state index contributed by atoms with van der Waals surface area (Å²) in [6.45, 7) is 16.1. The number of aryl methyl sites for hydroxylation is 3. The minimum Gasteiger partial charge on any atom is -0.310 e. The predicted molar refractivity (Wildman–Crippen MR) is 567 cm³/mol. The maximum Gasteiger partial charge on any atom is 0.0465 e. The fourth-order valence-electron chi connectivity index (χ4n) is 20.3. The van der Waals surface area contributed by atoms with E-state index in [1.54, 1.807) is 0 Å². The summed E-state index contributed by atoms with van der Waals surface area (Å²) in [6, 6.07) is 178. The first kappa shape index (κ1) is 83.2. The van der Waals surface area contributed by atoms with Gasteiger partial charge in [0.15, 0.2) is 0 Å². The molecule has 22 rings (SSSR count). The topological polar surface area (TPSA) is 13.0 Å². The molecule has 642 valence electrons. The summed E-state index contributed by atoms with van der Waals surface area (Å²) < 4.78 is 0. The minimum atomic E-state index is -0.335. The van der Waals surface area contributed by atoms with Crippen molar-refractivity contribution < 1.29 is 0 Å². The van der Waals surface area contributed by atoms with E-state index in [1.165, 1.54) is 156 Å². The van der Waals surface area contributed by atoms with Crippen LogP contribution in [0.25, 0.3) is 111 Å². The molecule has 0 aliphatic heterocycles. The molecule has 134 heavy (non-hydrogen) atoms. The molecule has 4 nitrogen and oxygen atoms in total. The molecule has 0 heterocycles. The Morgan fingerprint density at radius 3 is 0.597 bits per heavy atom. The van der Waals surface area contributed by atoms with E-state index in [0.29, 0.717) is 0 Å². The minimum absolute atomic E-state index is 0.303.